The maximum absolute atomic E-state index is 12.8. The Morgan fingerprint density at radius 3 is 1.96 bits per heavy atom. The highest BCUT2D eigenvalue weighted by Gasteiger charge is 2.21. The Hall–Kier alpha value is -2.34. The molecule has 11 nitrogen and oxygen atoms in total. The first-order chi connectivity index (χ1) is 22.7. The molecule has 1 N–H and O–H groups in total. The fourth-order valence-corrected chi connectivity index (χ4v) is 8.42. The van der Waals surface area contributed by atoms with Gasteiger partial charge >= 0.3 is 0 Å². The van der Waals surface area contributed by atoms with Crippen LogP contribution in [0.2, 0.25) is 0 Å². The van der Waals surface area contributed by atoms with E-state index in [1.165, 1.54) is 35.1 Å². The number of benzene rings is 3. The van der Waals surface area contributed by atoms with Gasteiger partial charge in [-0.1, -0.05) is 0 Å². The zero-order valence-corrected chi connectivity index (χ0v) is 33.7. The Morgan fingerprint density at radius 2 is 1.42 bits per heavy atom. The van der Waals surface area contributed by atoms with Crippen LogP contribution in [0.4, 0.5) is 5.69 Å². The van der Waals surface area contributed by atoms with E-state index in [0.29, 0.717) is 40.7 Å². The largest absolute Gasteiger partial charge is 0.491 e. The van der Waals surface area contributed by atoms with Gasteiger partial charge in [-0.05, 0) is 151 Å². The molecule has 0 fully saturated rings. The number of nitro groups is 1. The van der Waals surface area contributed by atoms with Crippen LogP contribution in [0.5, 0.6) is 11.5 Å². The van der Waals surface area contributed by atoms with E-state index in [2.05, 4.69) is 86.1 Å². The molecule has 0 heterocycles. The smallest absolute Gasteiger partial charge is 0.269 e. The summed E-state index contributed by atoms with van der Waals surface area (Å²) in [5.74, 6) is 1.04. The van der Waals surface area contributed by atoms with Crippen molar-refractivity contribution in [3.63, 3.8) is 0 Å². The van der Waals surface area contributed by atoms with E-state index in [0.717, 1.165) is 45.4 Å². The molecular formula is C32H36Br4N4O7S. The topological polar surface area (TPSA) is 131 Å². The van der Waals surface area contributed by atoms with E-state index in [1.54, 1.807) is 6.08 Å². The number of halogens is 4. The highest BCUT2D eigenvalue weighted by Crippen LogP contribution is 2.36. The summed E-state index contributed by atoms with van der Waals surface area (Å²) in [4.78, 5) is 24.8. The molecule has 0 atom stereocenters. The molecule has 3 rings (SSSR count). The number of ether oxygens (including phenoxy) is 2. The van der Waals surface area contributed by atoms with Crippen LogP contribution in [0, 0.1) is 10.1 Å². The zero-order valence-electron chi connectivity index (χ0n) is 26.5. The molecule has 3 aromatic rings. The fourth-order valence-electron chi connectivity index (χ4n) is 4.25. The summed E-state index contributed by atoms with van der Waals surface area (Å²) < 4.78 is 41.7. The summed E-state index contributed by atoms with van der Waals surface area (Å²) in [7, 11) is 1.73. The summed E-state index contributed by atoms with van der Waals surface area (Å²) in [6.07, 6.45) is 5.10. The Bertz CT molecular complexity index is 1680. The molecule has 48 heavy (non-hydrogen) atoms. The van der Waals surface area contributed by atoms with E-state index in [9.17, 15) is 23.3 Å². The summed E-state index contributed by atoms with van der Waals surface area (Å²) in [5, 5.41) is 13.7. The van der Waals surface area contributed by atoms with E-state index >= 15 is 0 Å². The van der Waals surface area contributed by atoms with Gasteiger partial charge < -0.3 is 19.7 Å². The van der Waals surface area contributed by atoms with Gasteiger partial charge in [0, 0.05) is 44.9 Å². The Labute approximate surface area is 314 Å². The van der Waals surface area contributed by atoms with Gasteiger partial charge in [-0.2, -0.15) is 0 Å². The van der Waals surface area contributed by atoms with Crippen molar-refractivity contribution in [1.29, 1.82) is 0 Å². The molecular weight excluding hydrogens is 904 g/mol. The number of carbonyl (C=O) groups is 1. The number of nitro benzene ring substituents is 1. The highest BCUT2D eigenvalue weighted by atomic mass is 79.9. The van der Waals surface area contributed by atoms with Crippen LogP contribution in [0.3, 0.4) is 0 Å². The minimum atomic E-state index is -3.81. The number of amides is 1. The molecule has 0 bridgehead atoms. The number of nitrogens with zero attached hydrogens (tertiary/aromatic N) is 3. The molecule has 0 aliphatic heterocycles. The van der Waals surface area contributed by atoms with Gasteiger partial charge in [-0.15, -0.1) is 0 Å². The van der Waals surface area contributed by atoms with Gasteiger partial charge in [-0.3, -0.25) is 14.9 Å². The first kappa shape index (κ1) is 40.1. The van der Waals surface area contributed by atoms with E-state index < -0.39 is 14.9 Å². The highest BCUT2D eigenvalue weighted by molar-refractivity contribution is 9.11. The summed E-state index contributed by atoms with van der Waals surface area (Å²) in [6.45, 7) is 2.24. The van der Waals surface area contributed by atoms with Crippen LogP contribution in [0.1, 0.15) is 24.0 Å². The number of nitrogens with one attached hydrogen (secondary N) is 1. The van der Waals surface area contributed by atoms with Gasteiger partial charge in [0.25, 0.3) is 5.69 Å². The molecule has 0 saturated heterocycles. The third-order valence-corrected chi connectivity index (χ3v) is 11.1. The van der Waals surface area contributed by atoms with Gasteiger partial charge in [0.05, 0.1) is 40.9 Å². The lowest BCUT2D eigenvalue weighted by atomic mass is 10.1. The van der Waals surface area contributed by atoms with E-state index in [-0.39, 0.29) is 29.6 Å². The lowest BCUT2D eigenvalue weighted by molar-refractivity contribution is -0.384. The monoisotopic (exact) mass is 936 g/mol. The fraction of sp³-hybridized carbons (Fsp3) is 0.344. The number of likely N-dealkylation sites (N-methyl/N-ethyl adjacent to an activating group) is 1. The SMILES string of the molecule is CN(C)CCc1cc(Br)c(OCCCNC(=O)/C=C/c2cc(Br)c(OCCCN(C)S(=O)(=O)c3ccc([N+](=O)[O-])cc3)c(Br)c2)c(Br)c1. The maximum atomic E-state index is 12.8. The van der Waals surface area contributed by atoms with Crippen molar-refractivity contribution in [2.24, 2.45) is 0 Å². The van der Waals surface area contributed by atoms with Gasteiger partial charge in [0.1, 0.15) is 11.5 Å². The summed E-state index contributed by atoms with van der Waals surface area (Å²) in [5.41, 5.74) is 1.78. The molecule has 0 spiro atoms. The number of non-ortho nitro benzene ring substituents is 1. The van der Waals surface area contributed by atoms with Crippen molar-refractivity contribution in [2.45, 2.75) is 24.2 Å². The standard InChI is InChI=1S/C32H36Br4N4O7S/c1-38(2)15-12-23-20-28(35)31(29(36)21-23)46-16-4-13-37-30(41)11-6-22-18-26(33)32(27(34)19-22)47-17-5-14-39(3)48(44,45)25-9-7-24(8-10-25)40(42)43/h6-11,18-21H,4-5,12-17H2,1-3H3,(H,37,41)/b11-6+. The first-order valence-corrected chi connectivity index (χ1v) is 19.3. The Morgan fingerprint density at radius 1 is 0.875 bits per heavy atom. The van der Waals surface area contributed by atoms with Gasteiger partial charge in [0.15, 0.2) is 0 Å². The molecule has 0 unspecified atom stereocenters. The van der Waals surface area contributed by atoms with Crippen molar-refractivity contribution in [3.8, 4) is 11.5 Å². The molecule has 0 radical (unpaired) electrons. The number of hydrogen-bond acceptors (Lipinski definition) is 8. The quantitative estimate of drug-likeness (QED) is 0.0604. The minimum Gasteiger partial charge on any atom is -0.491 e. The van der Waals surface area contributed by atoms with Crippen molar-refractivity contribution in [3.05, 3.63) is 93.7 Å². The molecule has 3 aromatic carbocycles. The molecule has 1 amide bonds. The second kappa shape index (κ2) is 19.2. The Balaban J connectivity index is 1.42. The third-order valence-electron chi connectivity index (χ3n) is 6.84. The van der Waals surface area contributed by atoms with Crippen LogP contribution < -0.4 is 14.8 Å². The predicted octanol–water partition coefficient (Wildman–Crippen LogP) is 7.44. The van der Waals surface area contributed by atoms with Crippen molar-refractivity contribution in [1.82, 2.24) is 14.5 Å². The van der Waals surface area contributed by atoms with E-state index in [1.807, 2.05) is 26.2 Å². The van der Waals surface area contributed by atoms with Crippen LogP contribution in [0.15, 0.2) is 77.4 Å². The number of hydrogen-bond donors (Lipinski definition) is 1. The first-order valence-electron chi connectivity index (χ1n) is 14.7. The minimum absolute atomic E-state index is 0.0250. The molecule has 0 saturated carbocycles. The van der Waals surface area contributed by atoms with Crippen molar-refractivity contribution in [2.75, 3.05) is 54.0 Å². The average Bonchev–Trinajstić information content (AvgIpc) is 3.02. The van der Waals surface area contributed by atoms with E-state index in [4.69, 9.17) is 9.47 Å². The lowest BCUT2D eigenvalue weighted by Crippen LogP contribution is -2.28. The maximum Gasteiger partial charge on any atom is 0.269 e. The van der Waals surface area contributed by atoms with Gasteiger partial charge in [0.2, 0.25) is 15.9 Å². The average molecular weight is 940 g/mol. The van der Waals surface area contributed by atoms with Crippen LogP contribution in [-0.4, -0.2) is 82.4 Å². The number of rotatable bonds is 18. The van der Waals surface area contributed by atoms with Crippen LogP contribution in [-0.2, 0) is 21.2 Å². The van der Waals surface area contributed by atoms with Crippen molar-refractivity contribution < 1.29 is 27.6 Å². The third kappa shape index (κ3) is 12.2. The summed E-state index contributed by atoms with van der Waals surface area (Å²) in [6, 6.07) is 12.5. The van der Waals surface area contributed by atoms with Crippen LogP contribution in [0.25, 0.3) is 6.08 Å². The molecule has 16 heteroatoms. The van der Waals surface area contributed by atoms with Gasteiger partial charge in [-0.25, -0.2) is 12.7 Å². The van der Waals surface area contributed by atoms with Crippen molar-refractivity contribution >= 4 is 91.4 Å². The number of sulfonamides is 1. The van der Waals surface area contributed by atoms with Crippen LogP contribution >= 0.6 is 63.7 Å². The summed E-state index contributed by atoms with van der Waals surface area (Å²) >= 11 is 14.2. The zero-order chi connectivity index (χ0) is 35.4. The molecule has 0 aliphatic rings. The normalized spacial score (nSPS) is 11.8. The molecule has 260 valence electrons. The second-order valence-electron chi connectivity index (χ2n) is 10.9. The molecule has 0 aliphatic carbocycles. The second-order valence-corrected chi connectivity index (χ2v) is 16.3. The Kier molecular flexibility index (Phi) is 16.0. The predicted molar refractivity (Wildman–Crippen MR) is 201 cm³/mol. The molecule has 0 aromatic heterocycles. The number of carbonyl (C=O) groups excluding carboxylic acids is 1. The lowest BCUT2D eigenvalue weighted by Gasteiger charge is -2.18.